The molecule has 1 aromatic carbocycles. The minimum atomic E-state index is -0.618. The Hall–Kier alpha value is -3.89. The number of nitrogens with one attached hydrogen (secondary N) is 1. The third-order valence-corrected chi connectivity index (χ3v) is 5.16. The van der Waals surface area contributed by atoms with E-state index >= 15 is 0 Å². The lowest BCUT2D eigenvalue weighted by atomic mass is 9.94. The number of amides is 2. The van der Waals surface area contributed by atoms with Crippen LogP contribution in [0.5, 0.6) is 0 Å². The van der Waals surface area contributed by atoms with Crippen LogP contribution in [0.4, 0.5) is 5.69 Å². The maximum atomic E-state index is 12.9. The molecule has 1 aromatic heterocycles. The van der Waals surface area contributed by atoms with Crippen LogP contribution >= 0.6 is 0 Å². The molecule has 3 rings (SSSR count). The molecular formula is C24H23N3O4. The zero-order valence-corrected chi connectivity index (χ0v) is 17.9. The van der Waals surface area contributed by atoms with E-state index < -0.39 is 11.8 Å². The highest BCUT2D eigenvalue weighted by atomic mass is 16.6. The summed E-state index contributed by atoms with van der Waals surface area (Å²) in [6.07, 6.45) is 2.99. The number of aryl methyl sites for hydroxylation is 2. The molecule has 0 unspecified atom stereocenters. The van der Waals surface area contributed by atoms with Gasteiger partial charge in [0, 0.05) is 17.7 Å². The lowest BCUT2D eigenvalue weighted by Crippen LogP contribution is -2.42. The van der Waals surface area contributed by atoms with Crippen LogP contribution in [-0.4, -0.2) is 30.4 Å². The van der Waals surface area contributed by atoms with Gasteiger partial charge in [0.2, 0.25) is 0 Å². The second kappa shape index (κ2) is 8.86. The Morgan fingerprint density at radius 1 is 1.19 bits per heavy atom. The molecule has 1 aliphatic rings. The fourth-order valence-corrected chi connectivity index (χ4v) is 3.36. The molecule has 31 heavy (non-hydrogen) atoms. The number of nitrogens with zero attached hydrogens (tertiary/aromatic N) is 2. The Bertz CT molecular complexity index is 1180. The van der Waals surface area contributed by atoms with Gasteiger partial charge in [-0.1, -0.05) is 6.08 Å². The number of imide groups is 1. The summed E-state index contributed by atoms with van der Waals surface area (Å²) < 4.78 is 5.99. The fraction of sp³-hybridized carbons (Fsp3) is 0.208. The van der Waals surface area contributed by atoms with Crippen molar-refractivity contribution in [2.75, 3.05) is 19.1 Å². The van der Waals surface area contributed by atoms with Crippen LogP contribution in [-0.2, 0) is 14.4 Å². The lowest BCUT2D eigenvalue weighted by Gasteiger charge is -2.26. The summed E-state index contributed by atoms with van der Waals surface area (Å²) in [5, 5.41) is 9.41. The van der Waals surface area contributed by atoms with Gasteiger partial charge in [-0.25, -0.2) is 0 Å². The van der Waals surface area contributed by atoms with E-state index in [0.717, 1.165) is 27.3 Å². The summed E-state index contributed by atoms with van der Waals surface area (Å²) in [5.74, 6) is -0.108. The molecule has 0 radical (unpaired) electrons. The van der Waals surface area contributed by atoms with Crippen LogP contribution in [0.1, 0.15) is 23.8 Å². The van der Waals surface area contributed by atoms with Crippen molar-refractivity contribution in [1.82, 2.24) is 4.90 Å². The van der Waals surface area contributed by atoms with Gasteiger partial charge in [0.05, 0.1) is 12.8 Å². The van der Waals surface area contributed by atoms with Gasteiger partial charge in [-0.3, -0.25) is 24.8 Å². The number of hydrogen-bond donors (Lipinski definition) is 1. The first-order chi connectivity index (χ1) is 14.8. The van der Waals surface area contributed by atoms with Crippen LogP contribution in [0.15, 0.2) is 58.1 Å². The van der Waals surface area contributed by atoms with Crippen LogP contribution in [0, 0.1) is 25.2 Å². The van der Waals surface area contributed by atoms with E-state index in [0.29, 0.717) is 17.1 Å². The average Bonchev–Trinajstić information content (AvgIpc) is 3.20. The molecule has 0 bridgehead atoms. The Morgan fingerprint density at radius 2 is 1.90 bits per heavy atom. The monoisotopic (exact) mass is 417 g/mol. The molecule has 1 aliphatic heterocycles. The average molecular weight is 417 g/mol. The fourth-order valence-electron chi connectivity index (χ4n) is 3.36. The van der Waals surface area contributed by atoms with Gasteiger partial charge < -0.3 is 4.42 Å². The summed E-state index contributed by atoms with van der Waals surface area (Å²) >= 11 is 0. The Balaban J connectivity index is 2.07. The van der Waals surface area contributed by atoms with Crippen molar-refractivity contribution in [2.24, 2.45) is 0 Å². The molecule has 0 fully saturated rings. The first-order valence-corrected chi connectivity index (χ1v) is 9.63. The zero-order valence-electron chi connectivity index (χ0n) is 17.9. The molecule has 2 amide bonds. The topological polar surface area (TPSA) is 95.6 Å². The number of hydrogen-bond acceptors (Lipinski definition) is 6. The van der Waals surface area contributed by atoms with Crippen molar-refractivity contribution in [3.8, 4) is 17.4 Å². The van der Waals surface area contributed by atoms with Crippen molar-refractivity contribution < 1.29 is 18.8 Å². The van der Waals surface area contributed by atoms with E-state index in [1.807, 2.05) is 32.0 Å². The smallest absolute Gasteiger partial charge is 0.271 e. The van der Waals surface area contributed by atoms with E-state index in [2.05, 4.69) is 12.1 Å². The highest BCUT2D eigenvalue weighted by Gasteiger charge is 2.34. The van der Waals surface area contributed by atoms with Gasteiger partial charge >= 0.3 is 0 Å². The van der Waals surface area contributed by atoms with E-state index in [-0.39, 0.29) is 17.7 Å². The number of furan rings is 1. The first-order valence-electron chi connectivity index (χ1n) is 9.63. The predicted octanol–water partition coefficient (Wildman–Crippen LogP) is 4.32. The molecule has 0 saturated heterocycles. The highest BCUT2D eigenvalue weighted by molar-refractivity contribution is 6.19. The Kier molecular flexibility index (Phi) is 6.23. The normalized spacial score (nSPS) is 15.5. The first kappa shape index (κ1) is 21.8. The van der Waals surface area contributed by atoms with Gasteiger partial charge in [0.15, 0.2) is 0 Å². The van der Waals surface area contributed by atoms with Crippen LogP contribution < -0.4 is 5.48 Å². The van der Waals surface area contributed by atoms with E-state index in [1.54, 1.807) is 25.1 Å². The second-order valence-electron chi connectivity index (χ2n) is 7.17. The molecule has 0 aliphatic carbocycles. The summed E-state index contributed by atoms with van der Waals surface area (Å²) in [7, 11) is 1.53. The molecule has 158 valence electrons. The molecule has 0 saturated carbocycles. The molecular weight excluding hydrogens is 394 g/mol. The van der Waals surface area contributed by atoms with Crippen molar-refractivity contribution in [3.63, 3.8) is 0 Å². The number of carbonyl (C=O) groups is 2. The summed E-state index contributed by atoms with van der Waals surface area (Å²) in [4.78, 5) is 31.4. The molecule has 0 atom stereocenters. The second-order valence-corrected chi connectivity index (χ2v) is 7.17. The van der Waals surface area contributed by atoms with Crippen molar-refractivity contribution >= 4 is 23.6 Å². The van der Waals surface area contributed by atoms with Gasteiger partial charge in [0.1, 0.15) is 23.2 Å². The standard InChI is InChI=1S/C24H23N3O4/c1-6-9-27-23(28)18(16(4)20(13-25)24(27)29)12-17-7-8-22(31-17)19-10-14(2)15(3)11-21(19)26-30-5/h6-8,10-12,26H,1,9H2,2-5H3/b18-12+. The molecule has 2 heterocycles. The number of benzene rings is 1. The zero-order chi connectivity index (χ0) is 22.7. The maximum Gasteiger partial charge on any atom is 0.271 e. The molecule has 7 nitrogen and oxygen atoms in total. The quantitative estimate of drug-likeness (QED) is 0.326. The van der Waals surface area contributed by atoms with Crippen molar-refractivity contribution in [3.05, 3.63) is 70.5 Å². The van der Waals surface area contributed by atoms with Crippen molar-refractivity contribution in [1.29, 1.82) is 5.26 Å². The van der Waals surface area contributed by atoms with Gasteiger partial charge in [0.25, 0.3) is 11.8 Å². The van der Waals surface area contributed by atoms with Gasteiger partial charge in [-0.15, -0.1) is 6.58 Å². The van der Waals surface area contributed by atoms with E-state index in [1.165, 1.54) is 13.2 Å². The third kappa shape index (κ3) is 4.06. The maximum absolute atomic E-state index is 12.9. The largest absolute Gasteiger partial charge is 0.457 e. The number of anilines is 1. The molecule has 2 aromatic rings. The van der Waals surface area contributed by atoms with E-state index in [4.69, 9.17) is 9.25 Å². The summed E-state index contributed by atoms with van der Waals surface area (Å²) in [6.45, 7) is 9.19. The summed E-state index contributed by atoms with van der Waals surface area (Å²) in [6, 6.07) is 9.38. The van der Waals surface area contributed by atoms with Crippen molar-refractivity contribution in [2.45, 2.75) is 20.8 Å². The third-order valence-electron chi connectivity index (χ3n) is 5.16. The lowest BCUT2D eigenvalue weighted by molar-refractivity contribution is -0.139. The van der Waals surface area contributed by atoms with Crippen LogP contribution in [0.2, 0.25) is 0 Å². The Morgan fingerprint density at radius 3 is 2.55 bits per heavy atom. The summed E-state index contributed by atoms with van der Waals surface area (Å²) in [5.41, 5.74) is 7.08. The van der Waals surface area contributed by atoms with Crippen LogP contribution in [0.3, 0.4) is 0 Å². The van der Waals surface area contributed by atoms with E-state index in [9.17, 15) is 14.9 Å². The molecule has 7 heteroatoms. The Labute approximate surface area is 180 Å². The number of carbonyl (C=O) groups excluding carboxylic acids is 2. The highest BCUT2D eigenvalue weighted by Crippen LogP contribution is 2.34. The minimum Gasteiger partial charge on any atom is -0.457 e. The predicted molar refractivity (Wildman–Crippen MR) is 117 cm³/mol. The number of nitriles is 1. The molecule has 0 spiro atoms. The number of rotatable bonds is 6. The van der Waals surface area contributed by atoms with Crippen LogP contribution in [0.25, 0.3) is 17.4 Å². The molecule has 1 N–H and O–H groups in total. The minimum absolute atomic E-state index is 0.0194. The van der Waals surface area contributed by atoms with Gasteiger partial charge in [-0.2, -0.15) is 5.26 Å². The SMILES string of the molecule is C=CCN1C(=O)C(C#N)=C(C)/C(=C\c2ccc(-c3cc(C)c(C)cc3NOC)o2)C1=O. The van der Waals surface area contributed by atoms with Gasteiger partial charge in [-0.05, 0) is 67.8 Å².